The van der Waals surface area contributed by atoms with Crippen molar-refractivity contribution in [2.45, 2.75) is 57.1 Å². The molecule has 112 valence electrons. The van der Waals surface area contributed by atoms with Crippen molar-refractivity contribution in [3.63, 3.8) is 0 Å². The Morgan fingerprint density at radius 3 is 2.90 bits per heavy atom. The molecule has 0 unspecified atom stereocenters. The van der Waals surface area contributed by atoms with E-state index in [2.05, 4.69) is 29.4 Å². The Balaban J connectivity index is 1.61. The summed E-state index contributed by atoms with van der Waals surface area (Å²) in [5, 5.41) is 13.3. The molecule has 0 bridgehead atoms. The van der Waals surface area contributed by atoms with Crippen LogP contribution in [0.5, 0.6) is 0 Å². The monoisotopic (exact) mass is 331 g/mol. The number of nitrogens with one attached hydrogen (secondary N) is 1. The summed E-state index contributed by atoms with van der Waals surface area (Å²) in [6, 6.07) is 0. The van der Waals surface area contributed by atoms with E-state index in [1.807, 2.05) is 21.6 Å². The van der Waals surface area contributed by atoms with Crippen LogP contribution in [0.25, 0.3) is 0 Å². The van der Waals surface area contributed by atoms with Gasteiger partial charge in [-0.1, -0.05) is 53.2 Å². The molecule has 20 heavy (non-hydrogen) atoms. The lowest BCUT2D eigenvalue weighted by Gasteiger charge is -2.06. The maximum absolute atomic E-state index is 11.8. The molecular weight excluding hydrogens is 310 g/mol. The van der Waals surface area contributed by atoms with Gasteiger partial charge in [0, 0.05) is 23.3 Å². The lowest BCUT2D eigenvalue weighted by Crippen LogP contribution is -2.11. The van der Waals surface area contributed by atoms with Gasteiger partial charge in [0.15, 0.2) is 0 Å². The topological polar surface area (TPSA) is 54.9 Å². The van der Waals surface area contributed by atoms with Gasteiger partial charge in [-0.05, 0) is 19.3 Å². The molecule has 0 aliphatic carbocycles. The SMILES string of the molecule is CC(C)c1nnc(NC(=O)CCCC[C@H]2CCSS2)s1. The van der Waals surface area contributed by atoms with Gasteiger partial charge >= 0.3 is 0 Å². The van der Waals surface area contributed by atoms with Gasteiger partial charge in [0.25, 0.3) is 0 Å². The van der Waals surface area contributed by atoms with Crippen molar-refractivity contribution in [2.75, 3.05) is 11.1 Å². The quantitative estimate of drug-likeness (QED) is 0.596. The first-order valence-electron chi connectivity index (χ1n) is 7.06. The molecule has 1 N–H and O–H groups in total. The molecule has 1 fully saturated rings. The molecule has 0 spiro atoms. The smallest absolute Gasteiger partial charge is 0.226 e. The fraction of sp³-hybridized carbons (Fsp3) is 0.769. The zero-order valence-corrected chi connectivity index (χ0v) is 14.4. The van der Waals surface area contributed by atoms with Crippen LogP contribution in [0, 0.1) is 0 Å². The minimum absolute atomic E-state index is 0.0601. The molecule has 2 heterocycles. The number of amides is 1. The normalized spacial score (nSPS) is 18.6. The van der Waals surface area contributed by atoms with E-state index >= 15 is 0 Å². The number of unbranched alkanes of at least 4 members (excludes halogenated alkanes) is 1. The molecule has 1 aliphatic heterocycles. The second kappa shape index (κ2) is 8.24. The fourth-order valence-corrected chi connectivity index (χ4v) is 5.71. The molecule has 1 amide bonds. The number of aromatic nitrogens is 2. The first-order chi connectivity index (χ1) is 9.65. The second-order valence-electron chi connectivity index (χ2n) is 5.22. The average molecular weight is 332 g/mol. The first kappa shape index (κ1) is 16.1. The molecular formula is C13H21N3OS3. The molecule has 1 aromatic heterocycles. The van der Waals surface area contributed by atoms with E-state index in [9.17, 15) is 4.79 Å². The van der Waals surface area contributed by atoms with Crippen LogP contribution in [0.4, 0.5) is 5.13 Å². The van der Waals surface area contributed by atoms with E-state index < -0.39 is 0 Å². The van der Waals surface area contributed by atoms with E-state index in [1.54, 1.807) is 0 Å². The molecule has 0 aromatic carbocycles. The zero-order valence-electron chi connectivity index (χ0n) is 11.9. The average Bonchev–Trinajstić information content (AvgIpc) is 3.05. The molecule has 7 heteroatoms. The van der Waals surface area contributed by atoms with Gasteiger partial charge in [0.05, 0.1) is 0 Å². The van der Waals surface area contributed by atoms with Gasteiger partial charge in [-0.25, -0.2) is 0 Å². The Morgan fingerprint density at radius 1 is 1.40 bits per heavy atom. The highest BCUT2D eigenvalue weighted by Crippen LogP contribution is 2.39. The molecule has 1 saturated heterocycles. The third kappa shape index (κ3) is 5.26. The van der Waals surface area contributed by atoms with E-state index in [0.29, 0.717) is 17.5 Å². The number of rotatable bonds is 7. The van der Waals surface area contributed by atoms with Gasteiger partial charge in [-0.2, -0.15) is 0 Å². The largest absolute Gasteiger partial charge is 0.301 e. The Kier molecular flexibility index (Phi) is 6.64. The van der Waals surface area contributed by atoms with Gasteiger partial charge in [0.1, 0.15) is 5.01 Å². The Labute approximate surface area is 132 Å². The van der Waals surface area contributed by atoms with Crippen molar-refractivity contribution in [1.29, 1.82) is 0 Å². The highest BCUT2D eigenvalue weighted by molar-refractivity contribution is 8.77. The third-order valence-electron chi connectivity index (χ3n) is 3.09. The predicted molar refractivity (Wildman–Crippen MR) is 89.5 cm³/mol. The van der Waals surface area contributed by atoms with Crippen LogP contribution in [-0.2, 0) is 4.79 Å². The lowest BCUT2D eigenvalue weighted by molar-refractivity contribution is -0.116. The summed E-state index contributed by atoms with van der Waals surface area (Å²) >= 11 is 1.47. The van der Waals surface area contributed by atoms with Crippen LogP contribution in [0.1, 0.15) is 56.9 Å². The maximum Gasteiger partial charge on any atom is 0.226 e. The van der Waals surface area contributed by atoms with Gasteiger partial charge in [0.2, 0.25) is 11.0 Å². The minimum atomic E-state index is 0.0601. The number of hydrogen-bond acceptors (Lipinski definition) is 6. The predicted octanol–water partition coefficient (Wildman–Crippen LogP) is 4.31. The van der Waals surface area contributed by atoms with Crippen molar-refractivity contribution in [1.82, 2.24) is 10.2 Å². The maximum atomic E-state index is 11.8. The Hall–Kier alpha value is -0.270. The summed E-state index contributed by atoms with van der Waals surface area (Å²) in [5.74, 6) is 1.70. The standard InChI is InChI=1S/C13H21N3OS3/c1-9(2)12-15-16-13(19-12)14-11(17)6-4-3-5-10-7-8-18-20-10/h9-10H,3-8H2,1-2H3,(H,14,16,17)/t10-/m0/s1. The summed E-state index contributed by atoms with van der Waals surface area (Å²) in [4.78, 5) is 11.8. The molecule has 4 nitrogen and oxygen atoms in total. The van der Waals surface area contributed by atoms with E-state index in [-0.39, 0.29) is 5.91 Å². The van der Waals surface area contributed by atoms with Crippen LogP contribution in [0.15, 0.2) is 0 Å². The van der Waals surface area contributed by atoms with E-state index in [4.69, 9.17) is 0 Å². The van der Waals surface area contributed by atoms with Crippen LogP contribution < -0.4 is 5.32 Å². The third-order valence-corrected chi connectivity index (χ3v) is 7.23. The number of carbonyl (C=O) groups is 1. The van der Waals surface area contributed by atoms with Crippen molar-refractivity contribution in [2.24, 2.45) is 0 Å². The molecule has 2 rings (SSSR count). The number of anilines is 1. The minimum Gasteiger partial charge on any atom is -0.301 e. The fourth-order valence-electron chi connectivity index (χ4n) is 1.92. The summed E-state index contributed by atoms with van der Waals surface area (Å²) in [5.41, 5.74) is 0. The van der Waals surface area contributed by atoms with Crippen molar-refractivity contribution < 1.29 is 4.79 Å². The molecule has 1 aromatic rings. The van der Waals surface area contributed by atoms with Crippen molar-refractivity contribution in [3.8, 4) is 0 Å². The molecule has 0 radical (unpaired) electrons. The summed E-state index contributed by atoms with van der Waals surface area (Å²) in [6.07, 6.45) is 5.25. The molecule has 1 aliphatic rings. The van der Waals surface area contributed by atoms with E-state index in [0.717, 1.165) is 23.1 Å². The van der Waals surface area contributed by atoms with Gasteiger partial charge in [-0.15, -0.1) is 10.2 Å². The molecule has 1 atom stereocenters. The van der Waals surface area contributed by atoms with Crippen LogP contribution in [-0.4, -0.2) is 27.1 Å². The number of nitrogens with zero attached hydrogens (tertiary/aromatic N) is 2. The van der Waals surface area contributed by atoms with Gasteiger partial charge < -0.3 is 5.32 Å². The number of carbonyl (C=O) groups excluding carboxylic acids is 1. The first-order valence-corrected chi connectivity index (χ1v) is 10.3. The highest BCUT2D eigenvalue weighted by Gasteiger charge is 2.16. The van der Waals surface area contributed by atoms with Gasteiger partial charge in [-0.3, -0.25) is 4.79 Å². The van der Waals surface area contributed by atoms with Crippen LogP contribution in [0.2, 0.25) is 0 Å². The lowest BCUT2D eigenvalue weighted by atomic mass is 10.1. The van der Waals surface area contributed by atoms with Crippen LogP contribution in [0.3, 0.4) is 0 Å². The van der Waals surface area contributed by atoms with Crippen molar-refractivity contribution in [3.05, 3.63) is 5.01 Å². The summed E-state index contributed by atoms with van der Waals surface area (Å²) < 4.78 is 0. The zero-order chi connectivity index (χ0) is 14.4. The Bertz CT molecular complexity index is 430. The number of hydrogen-bond donors (Lipinski definition) is 1. The summed E-state index contributed by atoms with van der Waals surface area (Å²) in [7, 11) is 3.99. The Morgan fingerprint density at radius 2 is 2.25 bits per heavy atom. The second-order valence-corrected chi connectivity index (χ2v) is 9.02. The summed E-state index contributed by atoms with van der Waals surface area (Å²) in [6.45, 7) is 4.15. The van der Waals surface area contributed by atoms with E-state index in [1.165, 1.54) is 29.9 Å². The molecule has 0 saturated carbocycles. The highest BCUT2D eigenvalue weighted by atomic mass is 33.1. The van der Waals surface area contributed by atoms with Crippen LogP contribution >= 0.6 is 32.9 Å². The van der Waals surface area contributed by atoms with Crippen molar-refractivity contribution >= 4 is 44.0 Å².